The van der Waals surface area contributed by atoms with E-state index < -0.39 is 24.4 Å². The van der Waals surface area contributed by atoms with E-state index in [9.17, 15) is 14.4 Å². The third kappa shape index (κ3) is 5.73. The molecule has 2 aromatic carbocycles. The van der Waals surface area contributed by atoms with Crippen LogP contribution in [0.25, 0.3) is 10.6 Å². The molecule has 3 aromatic rings. The van der Waals surface area contributed by atoms with E-state index in [0.29, 0.717) is 5.01 Å². The fourth-order valence-electron chi connectivity index (χ4n) is 2.46. The van der Waals surface area contributed by atoms with Crippen LogP contribution in [0.2, 0.25) is 0 Å². The van der Waals surface area contributed by atoms with Crippen LogP contribution < -0.4 is 10.1 Å². The Morgan fingerprint density at radius 2 is 1.72 bits per heavy atom. The zero-order chi connectivity index (χ0) is 20.6. The topological polar surface area (TPSA) is 94.6 Å². The number of aromatic nitrogens is 1. The summed E-state index contributed by atoms with van der Waals surface area (Å²) < 4.78 is 10.1. The number of hydrogen-bond acceptors (Lipinski definition) is 7. The van der Waals surface area contributed by atoms with Gasteiger partial charge in [-0.15, -0.1) is 11.3 Å². The molecule has 0 fully saturated rings. The van der Waals surface area contributed by atoms with Crippen molar-refractivity contribution in [2.24, 2.45) is 0 Å². The second-order valence-electron chi connectivity index (χ2n) is 5.98. The van der Waals surface area contributed by atoms with Gasteiger partial charge in [0.25, 0.3) is 5.91 Å². The zero-order valence-corrected chi connectivity index (χ0v) is 16.4. The maximum atomic E-state index is 12.1. The van der Waals surface area contributed by atoms with Gasteiger partial charge in [-0.1, -0.05) is 30.3 Å². The fraction of sp³-hybridized carbons (Fsp3) is 0.143. The normalized spacial score (nSPS) is 10.2. The SMILES string of the molecule is COc1ccc(-c2nc(C(=O)OCC(=O)NC(=O)Cc3ccccc3)cs2)cc1. The predicted molar refractivity (Wildman–Crippen MR) is 108 cm³/mol. The number of nitrogens with zero attached hydrogens (tertiary/aromatic N) is 1. The van der Waals surface area contributed by atoms with E-state index in [0.717, 1.165) is 16.9 Å². The first-order valence-corrected chi connectivity index (χ1v) is 9.57. The molecule has 0 saturated carbocycles. The van der Waals surface area contributed by atoms with Gasteiger partial charge in [-0.25, -0.2) is 9.78 Å². The van der Waals surface area contributed by atoms with E-state index in [1.807, 2.05) is 18.2 Å². The van der Waals surface area contributed by atoms with E-state index >= 15 is 0 Å². The van der Waals surface area contributed by atoms with Gasteiger partial charge in [-0.3, -0.25) is 14.9 Å². The smallest absolute Gasteiger partial charge is 0.358 e. The van der Waals surface area contributed by atoms with Gasteiger partial charge in [0.15, 0.2) is 12.3 Å². The van der Waals surface area contributed by atoms with Gasteiger partial charge in [0.1, 0.15) is 10.8 Å². The van der Waals surface area contributed by atoms with E-state index in [2.05, 4.69) is 10.3 Å². The molecule has 3 rings (SSSR count). The van der Waals surface area contributed by atoms with Crippen LogP contribution in [0, 0.1) is 0 Å². The number of benzene rings is 2. The molecule has 1 heterocycles. The highest BCUT2D eigenvalue weighted by Crippen LogP contribution is 2.25. The molecule has 0 aliphatic carbocycles. The Hall–Kier alpha value is -3.52. The molecule has 1 N–H and O–H groups in total. The lowest BCUT2D eigenvalue weighted by atomic mass is 10.1. The predicted octanol–water partition coefficient (Wildman–Crippen LogP) is 2.86. The minimum absolute atomic E-state index is 0.0673. The Kier molecular flexibility index (Phi) is 6.70. The van der Waals surface area contributed by atoms with Gasteiger partial charge in [-0.2, -0.15) is 0 Å². The van der Waals surface area contributed by atoms with Crippen molar-refractivity contribution in [1.29, 1.82) is 0 Å². The lowest BCUT2D eigenvalue weighted by Crippen LogP contribution is -2.35. The third-order valence-corrected chi connectivity index (χ3v) is 4.76. The molecular weight excluding hydrogens is 392 g/mol. The highest BCUT2D eigenvalue weighted by Gasteiger charge is 2.16. The van der Waals surface area contributed by atoms with Crippen LogP contribution >= 0.6 is 11.3 Å². The molecule has 148 valence electrons. The number of hydrogen-bond donors (Lipinski definition) is 1. The Balaban J connectivity index is 1.49. The van der Waals surface area contributed by atoms with E-state index in [-0.39, 0.29) is 12.1 Å². The number of rotatable bonds is 7. The van der Waals surface area contributed by atoms with Crippen LogP contribution in [0.5, 0.6) is 5.75 Å². The Morgan fingerprint density at radius 1 is 1.00 bits per heavy atom. The minimum atomic E-state index is -0.730. The highest BCUT2D eigenvalue weighted by molar-refractivity contribution is 7.13. The summed E-state index contributed by atoms with van der Waals surface area (Å²) in [4.78, 5) is 40.0. The molecule has 0 saturated heterocycles. The number of nitrogens with one attached hydrogen (secondary N) is 1. The molecule has 2 amide bonds. The molecule has 0 aliphatic heterocycles. The number of carbonyl (C=O) groups excluding carboxylic acids is 3. The first kappa shape index (κ1) is 20.2. The maximum Gasteiger partial charge on any atom is 0.358 e. The summed E-state index contributed by atoms with van der Waals surface area (Å²) in [6, 6.07) is 16.3. The largest absolute Gasteiger partial charge is 0.497 e. The van der Waals surface area contributed by atoms with Gasteiger partial charge in [0, 0.05) is 10.9 Å². The molecule has 0 spiro atoms. The van der Waals surface area contributed by atoms with E-state index in [1.165, 1.54) is 11.3 Å². The van der Waals surface area contributed by atoms with Gasteiger partial charge >= 0.3 is 5.97 Å². The second-order valence-corrected chi connectivity index (χ2v) is 6.83. The van der Waals surface area contributed by atoms with E-state index in [1.54, 1.807) is 48.9 Å². The molecule has 7 nitrogen and oxygen atoms in total. The highest BCUT2D eigenvalue weighted by atomic mass is 32.1. The van der Waals surface area contributed by atoms with Crippen molar-refractivity contribution in [2.75, 3.05) is 13.7 Å². The Bertz CT molecular complexity index is 999. The molecule has 0 radical (unpaired) electrons. The van der Waals surface area contributed by atoms with Crippen LogP contribution in [0.4, 0.5) is 0 Å². The van der Waals surface area contributed by atoms with Crippen LogP contribution in [0.1, 0.15) is 16.1 Å². The summed E-state index contributed by atoms with van der Waals surface area (Å²) in [5, 5.41) is 4.39. The van der Waals surface area contributed by atoms with Gasteiger partial charge in [0.2, 0.25) is 5.91 Å². The molecule has 0 aliphatic rings. The number of thiazole rings is 1. The standard InChI is InChI=1S/C21H18N2O5S/c1-27-16-9-7-15(8-10-16)20-22-17(13-29-20)21(26)28-12-19(25)23-18(24)11-14-5-3-2-4-6-14/h2-10,13H,11-12H2,1H3,(H,23,24,25). The number of methoxy groups -OCH3 is 1. The summed E-state index contributed by atoms with van der Waals surface area (Å²) in [5.74, 6) is -1.16. The first-order chi connectivity index (χ1) is 14.0. The van der Waals surface area contributed by atoms with Crippen molar-refractivity contribution in [3.05, 3.63) is 71.2 Å². The summed E-state index contributed by atoms with van der Waals surface area (Å²) in [7, 11) is 1.58. The van der Waals surface area contributed by atoms with Crippen LogP contribution in [0.3, 0.4) is 0 Å². The zero-order valence-electron chi connectivity index (χ0n) is 15.6. The molecule has 8 heteroatoms. The van der Waals surface area contributed by atoms with Crippen LogP contribution in [-0.4, -0.2) is 36.5 Å². The van der Waals surface area contributed by atoms with Crippen molar-refractivity contribution in [2.45, 2.75) is 6.42 Å². The van der Waals surface area contributed by atoms with Crippen molar-refractivity contribution in [1.82, 2.24) is 10.3 Å². The van der Waals surface area contributed by atoms with Crippen molar-refractivity contribution < 1.29 is 23.9 Å². The summed E-state index contributed by atoms with van der Waals surface area (Å²) in [5.41, 5.74) is 1.71. The third-order valence-electron chi connectivity index (χ3n) is 3.87. The maximum absolute atomic E-state index is 12.1. The first-order valence-electron chi connectivity index (χ1n) is 8.69. The van der Waals surface area contributed by atoms with Gasteiger partial charge in [0.05, 0.1) is 13.5 Å². The molecule has 0 bridgehead atoms. The summed E-state index contributed by atoms with van der Waals surface area (Å²) >= 11 is 1.28. The minimum Gasteiger partial charge on any atom is -0.497 e. The Morgan fingerprint density at radius 3 is 2.41 bits per heavy atom. The van der Waals surface area contributed by atoms with Gasteiger partial charge < -0.3 is 9.47 Å². The number of amides is 2. The lowest BCUT2D eigenvalue weighted by Gasteiger charge is -2.05. The van der Waals surface area contributed by atoms with Crippen LogP contribution in [-0.2, 0) is 20.7 Å². The van der Waals surface area contributed by atoms with Crippen molar-refractivity contribution >= 4 is 29.1 Å². The fourth-order valence-corrected chi connectivity index (χ4v) is 3.25. The number of esters is 1. The number of carbonyl (C=O) groups is 3. The summed E-state index contributed by atoms with van der Waals surface area (Å²) in [6.07, 6.45) is 0.0673. The number of imide groups is 1. The average Bonchev–Trinajstić information content (AvgIpc) is 3.23. The molecular formula is C21H18N2O5S. The van der Waals surface area contributed by atoms with Crippen molar-refractivity contribution in [3.63, 3.8) is 0 Å². The van der Waals surface area contributed by atoms with E-state index in [4.69, 9.17) is 9.47 Å². The molecule has 29 heavy (non-hydrogen) atoms. The van der Waals surface area contributed by atoms with Crippen molar-refractivity contribution in [3.8, 4) is 16.3 Å². The monoisotopic (exact) mass is 410 g/mol. The molecule has 0 unspecified atom stereocenters. The molecule has 1 aromatic heterocycles. The Labute approximate surface area is 171 Å². The van der Waals surface area contributed by atoms with Gasteiger partial charge in [-0.05, 0) is 29.8 Å². The summed E-state index contributed by atoms with van der Waals surface area (Å²) in [6.45, 7) is -0.561. The molecule has 0 atom stereocenters. The lowest BCUT2D eigenvalue weighted by molar-refractivity contribution is -0.132. The van der Waals surface area contributed by atoms with Crippen LogP contribution in [0.15, 0.2) is 60.0 Å². The number of ether oxygens (including phenoxy) is 2. The second kappa shape index (κ2) is 9.61. The average molecular weight is 410 g/mol. The quantitative estimate of drug-likeness (QED) is 0.602.